The Balaban J connectivity index is 1.74. The number of carbonyl (C=O) groups is 1. The Morgan fingerprint density at radius 2 is 2.59 bits per heavy atom. The van der Waals surface area contributed by atoms with E-state index in [2.05, 4.69) is 10.3 Å². The maximum absolute atomic E-state index is 11.6. The highest BCUT2D eigenvalue weighted by atomic mass is 32.2. The van der Waals surface area contributed by atoms with E-state index in [-0.39, 0.29) is 12.0 Å². The Hall–Kier alpha value is -0.590. The summed E-state index contributed by atoms with van der Waals surface area (Å²) in [4.78, 5) is 15.8. The molecule has 1 aliphatic carbocycles. The van der Waals surface area contributed by atoms with Gasteiger partial charge in [-0.05, 0) is 19.3 Å². The number of esters is 1. The van der Waals surface area contributed by atoms with E-state index in [4.69, 9.17) is 4.74 Å². The summed E-state index contributed by atoms with van der Waals surface area (Å²) in [5.74, 6) is 0.726. The zero-order valence-electron chi connectivity index (χ0n) is 9.72. The number of thioether (sulfide) groups is 1. The quantitative estimate of drug-likeness (QED) is 0.607. The van der Waals surface area contributed by atoms with Gasteiger partial charge in [-0.3, -0.25) is 4.79 Å². The smallest absolute Gasteiger partial charge is 0.322 e. The van der Waals surface area contributed by atoms with Crippen LogP contribution in [-0.2, 0) is 9.53 Å². The normalized spacial score (nSPS) is 16.8. The van der Waals surface area contributed by atoms with Gasteiger partial charge in [-0.15, -0.1) is 11.3 Å². The highest BCUT2D eigenvalue weighted by molar-refractivity contribution is 8.00. The monoisotopic (exact) mass is 272 g/mol. The lowest BCUT2D eigenvalue weighted by molar-refractivity contribution is -0.143. The summed E-state index contributed by atoms with van der Waals surface area (Å²) in [6.45, 7) is 0. The van der Waals surface area contributed by atoms with Gasteiger partial charge >= 0.3 is 5.97 Å². The van der Waals surface area contributed by atoms with Crippen LogP contribution >= 0.6 is 23.1 Å². The molecule has 2 rings (SSSR count). The molecule has 1 saturated carbocycles. The molecule has 6 heteroatoms. The molecule has 1 N–H and O–H groups in total. The van der Waals surface area contributed by atoms with Crippen molar-refractivity contribution in [3.05, 3.63) is 11.6 Å². The first-order valence-electron chi connectivity index (χ1n) is 5.66. The van der Waals surface area contributed by atoms with Crippen LogP contribution < -0.4 is 5.32 Å². The molecule has 17 heavy (non-hydrogen) atoms. The molecule has 0 amide bonds. The van der Waals surface area contributed by atoms with E-state index < -0.39 is 0 Å². The number of aromatic nitrogens is 1. The van der Waals surface area contributed by atoms with Crippen LogP contribution in [0.25, 0.3) is 0 Å². The molecule has 0 saturated heterocycles. The molecule has 0 spiro atoms. The molecule has 0 aliphatic heterocycles. The highest BCUT2D eigenvalue weighted by Crippen LogP contribution is 2.23. The molecule has 1 atom stereocenters. The summed E-state index contributed by atoms with van der Waals surface area (Å²) in [7, 11) is 1.44. The predicted molar refractivity (Wildman–Crippen MR) is 69.4 cm³/mol. The molecule has 0 aromatic carbocycles. The van der Waals surface area contributed by atoms with Crippen molar-refractivity contribution in [1.29, 1.82) is 0 Å². The Morgan fingerprint density at radius 1 is 1.76 bits per heavy atom. The van der Waals surface area contributed by atoms with Crippen molar-refractivity contribution in [2.45, 2.75) is 35.7 Å². The lowest BCUT2D eigenvalue weighted by Gasteiger charge is -2.15. The van der Waals surface area contributed by atoms with Crippen LogP contribution in [0.15, 0.2) is 15.9 Å². The molecule has 1 aromatic heterocycles. The van der Waals surface area contributed by atoms with Gasteiger partial charge in [-0.2, -0.15) is 0 Å². The van der Waals surface area contributed by atoms with E-state index in [0.717, 1.165) is 16.5 Å². The third-order valence-corrected chi connectivity index (χ3v) is 4.54. The second-order valence-electron chi connectivity index (χ2n) is 3.95. The Labute approximate surface area is 109 Å². The van der Waals surface area contributed by atoms with E-state index in [1.807, 2.05) is 5.38 Å². The molecule has 1 fully saturated rings. The molecule has 94 valence electrons. The summed E-state index contributed by atoms with van der Waals surface area (Å²) < 4.78 is 5.86. The Bertz CT molecular complexity index is 352. The zero-order valence-corrected chi connectivity index (χ0v) is 11.4. The topological polar surface area (TPSA) is 51.2 Å². The number of methoxy groups -OCH3 is 1. The van der Waals surface area contributed by atoms with Gasteiger partial charge in [-0.25, -0.2) is 4.98 Å². The van der Waals surface area contributed by atoms with Crippen LogP contribution in [0.1, 0.15) is 19.3 Å². The molecule has 1 aromatic rings. The van der Waals surface area contributed by atoms with E-state index in [9.17, 15) is 4.79 Å². The third kappa shape index (κ3) is 4.29. The molecule has 1 unspecified atom stereocenters. The SMILES string of the molecule is COC(=O)C(CCSc1nccs1)NC1CC1. The van der Waals surface area contributed by atoms with Gasteiger partial charge in [0.25, 0.3) is 0 Å². The van der Waals surface area contributed by atoms with Crippen molar-refractivity contribution >= 4 is 29.1 Å². The average Bonchev–Trinajstić information content (AvgIpc) is 3.01. The van der Waals surface area contributed by atoms with Crippen molar-refractivity contribution < 1.29 is 9.53 Å². The number of nitrogens with one attached hydrogen (secondary N) is 1. The lowest BCUT2D eigenvalue weighted by atomic mass is 10.2. The van der Waals surface area contributed by atoms with Crippen LogP contribution in [0.5, 0.6) is 0 Å². The van der Waals surface area contributed by atoms with Crippen molar-refractivity contribution in [2.75, 3.05) is 12.9 Å². The highest BCUT2D eigenvalue weighted by Gasteiger charge is 2.28. The number of rotatable bonds is 7. The molecule has 0 bridgehead atoms. The van der Waals surface area contributed by atoms with Crippen LogP contribution in [0, 0.1) is 0 Å². The van der Waals surface area contributed by atoms with Crippen molar-refractivity contribution in [3.63, 3.8) is 0 Å². The maximum Gasteiger partial charge on any atom is 0.322 e. The minimum absolute atomic E-state index is 0.156. The second kappa shape index (κ2) is 6.37. The second-order valence-corrected chi connectivity index (χ2v) is 6.19. The van der Waals surface area contributed by atoms with Crippen LogP contribution in [-0.4, -0.2) is 35.9 Å². The molecular weight excluding hydrogens is 256 g/mol. The van der Waals surface area contributed by atoms with Gasteiger partial charge in [-0.1, -0.05) is 11.8 Å². The first kappa shape index (κ1) is 12.9. The summed E-state index contributed by atoms with van der Waals surface area (Å²) >= 11 is 3.32. The predicted octanol–water partition coefficient (Wildman–Crippen LogP) is 1.92. The third-order valence-electron chi connectivity index (χ3n) is 2.54. The summed E-state index contributed by atoms with van der Waals surface area (Å²) in [6.07, 6.45) is 4.93. The lowest BCUT2D eigenvalue weighted by Crippen LogP contribution is -2.39. The fraction of sp³-hybridized carbons (Fsp3) is 0.636. The molecular formula is C11H16N2O2S2. The first-order valence-corrected chi connectivity index (χ1v) is 7.52. The number of ether oxygens (including phenoxy) is 1. The van der Waals surface area contributed by atoms with E-state index in [0.29, 0.717) is 6.04 Å². The zero-order chi connectivity index (χ0) is 12.1. The minimum Gasteiger partial charge on any atom is -0.468 e. The number of carbonyl (C=O) groups excluding carboxylic acids is 1. The number of hydrogen-bond acceptors (Lipinski definition) is 6. The van der Waals surface area contributed by atoms with Crippen molar-refractivity contribution in [2.24, 2.45) is 0 Å². The molecule has 1 heterocycles. The summed E-state index contributed by atoms with van der Waals surface area (Å²) in [5.41, 5.74) is 0. The van der Waals surface area contributed by atoms with Gasteiger partial charge in [0, 0.05) is 23.4 Å². The van der Waals surface area contributed by atoms with Crippen LogP contribution in [0.2, 0.25) is 0 Å². The number of nitrogens with zero attached hydrogens (tertiary/aromatic N) is 1. The Kier molecular flexibility index (Phi) is 4.82. The fourth-order valence-corrected chi connectivity index (χ4v) is 3.20. The minimum atomic E-state index is -0.167. The van der Waals surface area contributed by atoms with Gasteiger partial charge in [0.1, 0.15) is 10.4 Å². The average molecular weight is 272 g/mol. The summed E-state index contributed by atoms with van der Waals surface area (Å²) in [5, 5.41) is 5.28. The van der Waals surface area contributed by atoms with Gasteiger partial charge in [0.15, 0.2) is 0 Å². The van der Waals surface area contributed by atoms with E-state index in [1.54, 1.807) is 29.3 Å². The number of hydrogen-bond donors (Lipinski definition) is 1. The van der Waals surface area contributed by atoms with E-state index >= 15 is 0 Å². The Morgan fingerprint density at radius 3 is 3.18 bits per heavy atom. The van der Waals surface area contributed by atoms with Gasteiger partial charge in [0.2, 0.25) is 0 Å². The largest absolute Gasteiger partial charge is 0.468 e. The van der Waals surface area contributed by atoms with Crippen molar-refractivity contribution in [1.82, 2.24) is 10.3 Å². The molecule has 0 radical (unpaired) electrons. The molecule has 4 nitrogen and oxygen atoms in total. The summed E-state index contributed by atoms with van der Waals surface area (Å²) in [6, 6.07) is 0.351. The molecule has 1 aliphatic rings. The van der Waals surface area contributed by atoms with Crippen molar-refractivity contribution in [3.8, 4) is 0 Å². The first-order chi connectivity index (χ1) is 8.29. The standard InChI is InChI=1S/C11H16N2O2S2/c1-15-10(14)9(13-8-2-3-8)4-6-16-11-12-5-7-17-11/h5,7-9,13H,2-4,6H2,1H3. The maximum atomic E-state index is 11.6. The van der Waals surface area contributed by atoms with Gasteiger partial charge in [0.05, 0.1) is 7.11 Å². The van der Waals surface area contributed by atoms with Crippen LogP contribution in [0.4, 0.5) is 0 Å². The van der Waals surface area contributed by atoms with Crippen LogP contribution in [0.3, 0.4) is 0 Å². The van der Waals surface area contributed by atoms with E-state index in [1.165, 1.54) is 20.0 Å². The fourth-order valence-electron chi connectivity index (χ4n) is 1.49. The van der Waals surface area contributed by atoms with Gasteiger partial charge < -0.3 is 10.1 Å². The number of thiazole rings is 1.